The molecule has 1 amide bonds. The van der Waals surface area contributed by atoms with Crippen molar-refractivity contribution >= 4 is 29.4 Å². The molecule has 8 fully saturated rings. The molecule has 0 spiro atoms. The van der Waals surface area contributed by atoms with Crippen molar-refractivity contribution in [3.05, 3.63) is 11.6 Å². The van der Waals surface area contributed by atoms with Crippen LogP contribution in [0, 0.1) is 40.9 Å². The van der Waals surface area contributed by atoms with E-state index in [4.69, 9.17) is 0 Å². The van der Waals surface area contributed by atoms with Gasteiger partial charge in [0, 0.05) is 16.4 Å². The molecule has 0 unspecified atom stereocenters. The molecule has 1 heterocycles. The lowest BCUT2D eigenvalue weighted by atomic mass is 9.56. The van der Waals surface area contributed by atoms with Gasteiger partial charge in [-0.1, -0.05) is 26.8 Å². The van der Waals surface area contributed by atoms with Crippen molar-refractivity contribution in [3.63, 3.8) is 0 Å². The maximum absolute atomic E-state index is 13.2. The molecule has 3 nitrogen and oxygen atoms in total. The molecular formula is C31H47NO2S2. The lowest BCUT2D eigenvalue weighted by Crippen LogP contribution is -2.58. The normalized spacial score (nSPS) is 51.1. The minimum absolute atomic E-state index is 0.00152. The molecule has 0 saturated heterocycles. The Kier molecular flexibility index (Phi) is 5.83. The van der Waals surface area contributed by atoms with Crippen LogP contribution in [0.2, 0.25) is 0 Å². The van der Waals surface area contributed by atoms with Crippen LogP contribution >= 0.6 is 23.5 Å². The van der Waals surface area contributed by atoms with Gasteiger partial charge in [0.25, 0.3) is 0 Å². The zero-order valence-electron chi connectivity index (χ0n) is 22.9. The summed E-state index contributed by atoms with van der Waals surface area (Å²) in [4.78, 5) is 15.1. The third kappa shape index (κ3) is 4.15. The first kappa shape index (κ1) is 24.9. The zero-order chi connectivity index (χ0) is 25.0. The van der Waals surface area contributed by atoms with Crippen LogP contribution in [0.25, 0.3) is 0 Å². The number of rotatable bonds is 4. The highest BCUT2D eigenvalue weighted by molar-refractivity contribution is 8.02. The van der Waals surface area contributed by atoms with Crippen LogP contribution in [-0.4, -0.2) is 42.3 Å². The molecule has 1 aliphatic heterocycles. The Balaban J connectivity index is 1.21. The fraction of sp³-hybridized carbons (Fsp3) is 0.903. The summed E-state index contributed by atoms with van der Waals surface area (Å²) >= 11 is 4.16. The molecule has 0 radical (unpaired) electrons. The lowest BCUT2D eigenvalue weighted by Gasteiger charge is -2.59. The van der Waals surface area contributed by atoms with E-state index < -0.39 is 6.23 Å². The summed E-state index contributed by atoms with van der Waals surface area (Å²) in [6.07, 6.45) is 18.4. The van der Waals surface area contributed by atoms with Crippen LogP contribution in [0.4, 0.5) is 0 Å². The third-order valence-corrected chi connectivity index (χ3v) is 14.8. The number of carbonyl (C=O) groups is 1. The number of hydrogen-bond donors (Lipinski definition) is 1. The number of hydrogen-bond acceptors (Lipinski definition) is 4. The molecule has 8 aliphatic carbocycles. The predicted molar refractivity (Wildman–Crippen MR) is 151 cm³/mol. The maximum atomic E-state index is 13.2. The van der Waals surface area contributed by atoms with Gasteiger partial charge in [0.05, 0.1) is 10.6 Å². The van der Waals surface area contributed by atoms with Gasteiger partial charge in [-0.25, -0.2) is 0 Å². The highest BCUT2D eigenvalue weighted by Gasteiger charge is 2.56. The average Bonchev–Trinajstić information content (AvgIpc) is 2.72. The van der Waals surface area contributed by atoms with Gasteiger partial charge in [0.1, 0.15) is 6.23 Å². The second kappa shape index (κ2) is 8.43. The Bertz CT molecular complexity index is 880. The van der Waals surface area contributed by atoms with E-state index in [1.807, 2.05) is 4.90 Å². The summed E-state index contributed by atoms with van der Waals surface area (Å²) in [5.41, 5.74) is 1.39. The third-order valence-electron chi connectivity index (χ3n) is 11.4. The predicted octanol–water partition coefficient (Wildman–Crippen LogP) is 7.24. The van der Waals surface area contributed by atoms with Crippen molar-refractivity contribution in [2.75, 3.05) is 0 Å². The van der Waals surface area contributed by atoms with E-state index in [2.05, 4.69) is 50.4 Å². The smallest absolute Gasteiger partial charge is 0.222 e. The second-order valence-corrected chi connectivity index (χ2v) is 18.7. The van der Waals surface area contributed by atoms with Crippen molar-refractivity contribution in [3.8, 4) is 0 Å². The molecule has 0 aromatic heterocycles. The van der Waals surface area contributed by atoms with E-state index in [0.717, 1.165) is 35.5 Å². The molecule has 9 aliphatic rings. The Labute approximate surface area is 227 Å². The molecule has 0 aromatic carbocycles. The molecule has 9 rings (SSSR count). The molecule has 8 bridgehead atoms. The van der Waals surface area contributed by atoms with Gasteiger partial charge >= 0.3 is 0 Å². The molecule has 36 heavy (non-hydrogen) atoms. The van der Waals surface area contributed by atoms with E-state index in [1.54, 1.807) is 6.92 Å². The van der Waals surface area contributed by atoms with Gasteiger partial charge in [-0.15, -0.1) is 23.5 Å². The minimum Gasteiger partial charge on any atom is -0.372 e. The van der Waals surface area contributed by atoms with Crippen LogP contribution in [0.1, 0.15) is 105 Å². The Morgan fingerprint density at radius 3 is 1.56 bits per heavy atom. The first-order valence-corrected chi connectivity index (χ1v) is 16.8. The summed E-state index contributed by atoms with van der Waals surface area (Å²) in [5.74, 6) is 5.43. The standard InChI is InChI=1S/C31H47NO2S2/c1-18(33)32-26(35-30-12-19-5-20(13-30)7-21(6-19)14-30)11-25(29(2,3)4)27(28(32)34)36-31-15-22-8-23(16-31)10-24(9-22)17-31/h11,19-24,26-28,34H,5-10,12-17H2,1-4H3/t19?,20?,21?,22?,23?,24?,26-,27-,28+,30?,31?/m1/s1. The van der Waals surface area contributed by atoms with Gasteiger partial charge in [-0.2, -0.15) is 0 Å². The first-order valence-electron chi connectivity index (χ1n) is 15.0. The topological polar surface area (TPSA) is 40.5 Å². The molecule has 8 saturated carbocycles. The SMILES string of the molecule is CC(=O)N1[C@H](SC23CC4CC(CC(C4)C2)C3)C=C(C(C)(C)C)[C@@H](SC23CC4CC(CC(C4)C2)C3)[C@@H]1O. The van der Waals surface area contributed by atoms with Crippen molar-refractivity contribution in [2.45, 2.75) is 131 Å². The number of aliphatic hydroxyl groups is 1. The summed E-state index contributed by atoms with van der Waals surface area (Å²) in [6.45, 7) is 8.68. The Morgan fingerprint density at radius 1 is 0.806 bits per heavy atom. The average molecular weight is 530 g/mol. The van der Waals surface area contributed by atoms with Crippen molar-refractivity contribution in [1.29, 1.82) is 0 Å². The zero-order valence-corrected chi connectivity index (χ0v) is 24.5. The molecule has 0 aromatic rings. The molecule has 200 valence electrons. The largest absolute Gasteiger partial charge is 0.372 e. The summed E-state index contributed by atoms with van der Waals surface area (Å²) < 4.78 is 0.624. The fourth-order valence-corrected chi connectivity index (χ4v) is 15.4. The molecular weight excluding hydrogens is 482 g/mol. The van der Waals surface area contributed by atoms with Gasteiger partial charge in [-0.05, 0) is 124 Å². The highest BCUT2D eigenvalue weighted by atomic mass is 32.2. The van der Waals surface area contributed by atoms with Crippen molar-refractivity contribution in [2.24, 2.45) is 40.9 Å². The number of thioether (sulfide) groups is 2. The fourth-order valence-electron chi connectivity index (χ4n) is 10.9. The van der Waals surface area contributed by atoms with Gasteiger partial charge < -0.3 is 10.0 Å². The molecule has 1 N–H and O–H groups in total. The monoisotopic (exact) mass is 529 g/mol. The van der Waals surface area contributed by atoms with Crippen LogP contribution in [0.3, 0.4) is 0 Å². The number of aliphatic hydroxyl groups excluding tert-OH is 1. The summed E-state index contributed by atoms with van der Waals surface area (Å²) in [5, 5.41) is 12.0. The van der Waals surface area contributed by atoms with Crippen LogP contribution in [0.15, 0.2) is 11.6 Å². The van der Waals surface area contributed by atoms with E-state index >= 15 is 0 Å². The lowest BCUT2D eigenvalue weighted by molar-refractivity contribution is -0.139. The van der Waals surface area contributed by atoms with Crippen LogP contribution in [-0.2, 0) is 4.79 Å². The summed E-state index contributed by atoms with van der Waals surface area (Å²) in [7, 11) is 0. The van der Waals surface area contributed by atoms with Gasteiger partial charge in [0.15, 0.2) is 0 Å². The van der Waals surface area contributed by atoms with Crippen LogP contribution < -0.4 is 0 Å². The van der Waals surface area contributed by atoms with Crippen LogP contribution in [0.5, 0.6) is 0 Å². The van der Waals surface area contributed by atoms with E-state index in [-0.39, 0.29) is 21.9 Å². The van der Waals surface area contributed by atoms with Gasteiger partial charge in [-0.3, -0.25) is 4.79 Å². The molecule has 3 atom stereocenters. The quantitative estimate of drug-likeness (QED) is 0.390. The number of amides is 1. The van der Waals surface area contributed by atoms with Crippen molar-refractivity contribution < 1.29 is 9.90 Å². The number of carbonyl (C=O) groups excluding carboxylic acids is 1. The Hall–Kier alpha value is -0.130. The minimum atomic E-state index is -0.717. The van der Waals surface area contributed by atoms with E-state index in [1.165, 1.54) is 82.6 Å². The van der Waals surface area contributed by atoms with Crippen molar-refractivity contribution in [1.82, 2.24) is 4.90 Å². The molecule has 5 heteroatoms. The van der Waals surface area contributed by atoms with E-state index in [9.17, 15) is 9.90 Å². The maximum Gasteiger partial charge on any atom is 0.222 e. The summed E-state index contributed by atoms with van der Waals surface area (Å²) in [6, 6.07) is 0. The van der Waals surface area contributed by atoms with E-state index in [0.29, 0.717) is 9.49 Å². The highest BCUT2D eigenvalue weighted by Crippen LogP contribution is 2.65. The second-order valence-electron chi connectivity index (χ2n) is 15.5. The first-order chi connectivity index (χ1) is 17.0. The van der Waals surface area contributed by atoms with Gasteiger partial charge in [0.2, 0.25) is 5.91 Å². The Morgan fingerprint density at radius 2 is 1.19 bits per heavy atom. The number of nitrogens with zero attached hydrogens (tertiary/aromatic N) is 1.